The summed E-state index contributed by atoms with van der Waals surface area (Å²) in [7, 11) is -1.10. The molecule has 42 heavy (non-hydrogen) atoms. The van der Waals surface area contributed by atoms with Crippen molar-refractivity contribution in [2.75, 3.05) is 24.3 Å². The molecule has 0 aromatic carbocycles. The van der Waals surface area contributed by atoms with E-state index in [1.54, 1.807) is 19.5 Å². The van der Waals surface area contributed by atoms with Crippen molar-refractivity contribution in [1.82, 2.24) is 29.3 Å². The van der Waals surface area contributed by atoms with Crippen LogP contribution in [0.4, 0.5) is 14.6 Å². The van der Waals surface area contributed by atoms with E-state index in [-0.39, 0.29) is 33.5 Å². The summed E-state index contributed by atoms with van der Waals surface area (Å²) in [5, 5.41) is 8.74. The molecule has 0 bridgehead atoms. The lowest BCUT2D eigenvalue weighted by Gasteiger charge is -2.34. The number of sulfonamides is 1. The topological polar surface area (TPSA) is 124 Å². The van der Waals surface area contributed by atoms with Crippen LogP contribution in [-0.2, 0) is 17.1 Å². The molecule has 11 nitrogen and oxygen atoms in total. The van der Waals surface area contributed by atoms with E-state index >= 15 is 0 Å². The van der Waals surface area contributed by atoms with E-state index in [4.69, 9.17) is 9.72 Å². The van der Waals surface area contributed by atoms with Crippen molar-refractivity contribution in [2.24, 2.45) is 18.4 Å². The van der Waals surface area contributed by atoms with Crippen molar-refractivity contribution < 1.29 is 26.7 Å². The van der Waals surface area contributed by atoms with Crippen molar-refractivity contribution in [1.29, 1.82) is 0 Å². The molecule has 1 N–H and O–H groups in total. The third kappa shape index (κ3) is 6.57. The molecular weight excluding hydrogens is 607 g/mol. The smallest absolute Gasteiger partial charge is 0.268 e. The Morgan fingerprint density at radius 3 is 2.55 bits per heavy atom. The minimum atomic E-state index is -4.24. The number of hydrogen-bond donors (Lipinski definition) is 1. The number of nitrogens with zero attached hydrogens (tertiary/aromatic N) is 6. The van der Waals surface area contributed by atoms with Gasteiger partial charge < -0.3 is 9.64 Å². The van der Waals surface area contributed by atoms with E-state index in [9.17, 15) is 22.0 Å². The maximum absolute atomic E-state index is 13.9. The highest BCUT2D eigenvalue weighted by molar-refractivity contribution is 7.99. The van der Waals surface area contributed by atoms with Crippen molar-refractivity contribution in [3.05, 3.63) is 36.2 Å². The summed E-state index contributed by atoms with van der Waals surface area (Å²) < 4.78 is 64.6. The summed E-state index contributed by atoms with van der Waals surface area (Å²) in [6, 6.07) is 4.57. The first-order valence-corrected chi connectivity index (χ1v) is 16.4. The van der Waals surface area contributed by atoms with Gasteiger partial charge >= 0.3 is 0 Å². The van der Waals surface area contributed by atoms with Gasteiger partial charge in [0.05, 0.1) is 11.0 Å². The number of alkyl halides is 2. The van der Waals surface area contributed by atoms with Crippen LogP contribution in [0.15, 0.2) is 40.5 Å². The zero-order chi connectivity index (χ0) is 31.3. The number of aromatic nitrogens is 5. The standard InChI is InChI=1S/C26H36F2N7O4PS2/c1-16-12-25(4,5)34(13-16)21-17(22(36)32-42(37,38)18-14-33(6)31-23(18)41-7)8-9-19(29-21)35-11-10-20(30-35)39-15-24(2,3)26(27,28)40/h8-11,14,16H,12-13,15,40H2,1-7H3,(H,32,36)/t16-/m0/s1. The molecule has 0 radical (unpaired) electrons. The number of amides is 1. The predicted molar refractivity (Wildman–Crippen MR) is 160 cm³/mol. The van der Waals surface area contributed by atoms with E-state index in [1.807, 2.05) is 18.7 Å². The predicted octanol–water partition coefficient (Wildman–Crippen LogP) is 4.34. The van der Waals surface area contributed by atoms with E-state index in [2.05, 4.69) is 21.8 Å². The highest BCUT2D eigenvalue weighted by atomic mass is 32.2. The van der Waals surface area contributed by atoms with Gasteiger partial charge in [0.2, 0.25) is 5.88 Å². The quantitative estimate of drug-likeness (QED) is 0.254. The van der Waals surface area contributed by atoms with E-state index < -0.39 is 27.0 Å². The van der Waals surface area contributed by atoms with Crippen LogP contribution in [0.5, 0.6) is 5.88 Å². The molecule has 0 spiro atoms. The van der Waals surface area contributed by atoms with Crippen LogP contribution in [0.3, 0.4) is 0 Å². The van der Waals surface area contributed by atoms with Gasteiger partial charge in [-0.2, -0.15) is 5.10 Å². The van der Waals surface area contributed by atoms with Gasteiger partial charge in [-0.1, -0.05) is 30.0 Å². The molecule has 16 heteroatoms. The van der Waals surface area contributed by atoms with Crippen LogP contribution in [0.2, 0.25) is 0 Å². The number of rotatable bonds is 10. The molecule has 3 aromatic heterocycles. The molecule has 1 amide bonds. The minimum Gasteiger partial charge on any atom is -0.476 e. The molecule has 1 fully saturated rings. The number of aryl methyl sites for hydroxylation is 1. The number of carbonyl (C=O) groups is 1. The molecular formula is C26H36F2N7O4PS2. The Hall–Kier alpha value is -2.77. The number of halogens is 2. The first-order chi connectivity index (χ1) is 19.3. The average Bonchev–Trinajstić information content (AvgIpc) is 3.57. The fourth-order valence-electron chi connectivity index (χ4n) is 4.77. The maximum Gasteiger partial charge on any atom is 0.268 e. The van der Waals surface area contributed by atoms with Gasteiger partial charge in [0.1, 0.15) is 22.3 Å². The normalized spacial score (nSPS) is 17.5. The summed E-state index contributed by atoms with van der Waals surface area (Å²) in [5.41, 5.74) is -4.79. The van der Waals surface area contributed by atoms with Gasteiger partial charge in [-0.25, -0.2) is 31.6 Å². The second-order valence-electron chi connectivity index (χ2n) is 11.8. The lowest BCUT2D eigenvalue weighted by atomic mass is 9.95. The van der Waals surface area contributed by atoms with Crippen LogP contribution >= 0.6 is 21.0 Å². The molecule has 0 saturated carbocycles. The van der Waals surface area contributed by atoms with Gasteiger partial charge in [0.25, 0.3) is 21.6 Å². The highest BCUT2D eigenvalue weighted by Crippen LogP contribution is 2.42. The van der Waals surface area contributed by atoms with E-state index in [0.29, 0.717) is 24.1 Å². The number of carbonyl (C=O) groups excluding carboxylic acids is 1. The summed E-state index contributed by atoms with van der Waals surface area (Å²) >= 11 is 1.16. The van der Waals surface area contributed by atoms with Crippen LogP contribution in [-0.4, -0.2) is 69.5 Å². The Labute approximate surface area is 251 Å². The molecule has 1 aliphatic heterocycles. The Morgan fingerprint density at radius 2 is 1.95 bits per heavy atom. The van der Waals surface area contributed by atoms with Gasteiger partial charge in [-0.15, -0.1) is 16.9 Å². The van der Waals surface area contributed by atoms with Gasteiger partial charge in [-0.3, -0.25) is 9.48 Å². The number of ether oxygens (including phenoxy) is 1. The van der Waals surface area contributed by atoms with Gasteiger partial charge in [0, 0.05) is 37.6 Å². The number of hydrogen-bond acceptors (Lipinski definition) is 9. The molecule has 3 aromatic rings. The third-order valence-electron chi connectivity index (χ3n) is 7.19. The number of thioether (sulfide) groups is 1. The monoisotopic (exact) mass is 643 g/mol. The average molecular weight is 644 g/mol. The van der Waals surface area contributed by atoms with Crippen molar-refractivity contribution in [2.45, 2.75) is 62.2 Å². The highest BCUT2D eigenvalue weighted by Gasteiger charge is 2.43. The van der Waals surface area contributed by atoms with E-state index in [0.717, 1.165) is 18.2 Å². The molecule has 0 aliphatic carbocycles. The molecule has 1 saturated heterocycles. The summed E-state index contributed by atoms with van der Waals surface area (Å²) in [5.74, 6) is 0.229. The number of nitrogens with one attached hydrogen (secondary N) is 1. The first-order valence-electron chi connectivity index (χ1n) is 13.1. The summed E-state index contributed by atoms with van der Waals surface area (Å²) in [6.07, 6.45) is 5.45. The lowest BCUT2D eigenvalue weighted by Crippen LogP contribution is -2.41. The van der Waals surface area contributed by atoms with Crippen LogP contribution in [0.1, 0.15) is 51.4 Å². The molecule has 1 aliphatic rings. The second-order valence-corrected chi connectivity index (χ2v) is 14.9. The van der Waals surface area contributed by atoms with Crippen LogP contribution < -0.4 is 14.4 Å². The Bertz CT molecular complexity index is 1590. The maximum atomic E-state index is 13.9. The number of pyridine rings is 1. The third-order valence-corrected chi connectivity index (χ3v) is 10.1. The largest absolute Gasteiger partial charge is 0.476 e. The lowest BCUT2D eigenvalue weighted by molar-refractivity contribution is -0.0441. The van der Waals surface area contributed by atoms with Crippen LogP contribution in [0.25, 0.3) is 5.82 Å². The minimum absolute atomic E-state index is 0.0761. The van der Waals surface area contributed by atoms with Crippen LogP contribution in [0, 0.1) is 11.3 Å². The summed E-state index contributed by atoms with van der Waals surface area (Å²) in [4.78, 5) is 20.2. The Balaban J connectivity index is 1.68. The Morgan fingerprint density at radius 1 is 1.26 bits per heavy atom. The molecule has 230 valence electrons. The van der Waals surface area contributed by atoms with Gasteiger partial charge in [0.15, 0.2) is 5.82 Å². The molecule has 1 unspecified atom stereocenters. The first kappa shape index (κ1) is 32.2. The van der Waals surface area contributed by atoms with Crippen molar-refractivity contribution >= 4 is 42.8 Å². The SMILES string of the molecule is CSc1nn(C)cc1S(=O)(=O)NC(=O)c1ccc(-n2ccc(OCC(C)(C)C(F)(F)P)n2)nc1N1C[C@@H](C)CC1(C)C. The molecule has 2 atom stereocenters. The molecule has 4 rings (SSSR count). The Kier molecular flexibility index (Phi) is 8.71. The molecule has 4 heterocycles. The van der Waals surface area contributed by atoms with Crippen molar-refractivity contribution in [3.63, 3.8) is 0 Å². The summed E-state index contributed by atoms with van der Waals surface area (Å²) in [6.45, 7) is 9.27. The fraction of sp³-hybridized carbons (Fsp3) is 0.538. The van der Waals surface area contributed by atoms with Gasteiger partial charge in [-0.05, 0) is 44.6 Å². The van der Waals surface area contributed by atoms with E-state index in [1.165, 1.54) is 56.8 Å². The zero-order valence-corrected chi connectivity index (χ0v) is 27.3. The fourth-order valence-corrected chi connectivity index (χ4v) is 6.93. The zero-order valence-electron chi connectivity index (χ0n) is 24.6. The number of anilines is 1. The van der Waals surface area contributed by atoms with Crippen molar-refractivity contribution in [3.8, 4) is 11.7 Å². The second kappa shape index (κ2) is 11.4.